The fourth-order valence-corrected chi connectivity index (χ4v) is 3.69. The molecular weight excluding hydrogens is 336 g/mol. The minimum absolute atomic E-state index is 0.0471. The van der Waals surface area contributed by atoms with Crippen molar-refractivity contribution in [3.63, 3.8) is 0 Å². The molecule has 0 atom stereocenters. The second-order valence-corrected chi connectivity index (χ2v) is 7.13. The third-order valence-corrected chi connectivity index (χ3v) is 5.10. The van der Waals surface area contributed by atoms with Gasteiger partial charge in [0.1, 0.15) is 0 Å². The van der Waals surface area contributed by atoms with Crippen molar-refractivity contribution >= 4 is 28.2 Å². The predicted octanol–water partition coefficient (Wildman–Crippen LogP) is 4.83. The Morgan fingerprint density at radius 1 is 1.00 bits per heavy atom. The maximum Gasteiger partial charge on any atom is 0.253 e. The summed E-state index contributed by atoms with van der Waals surface area (Å²) in [5.41, 5.74) is 3.16. The molecule has 5 nitrogen and oxygen atoms in total. The molecule has 0 unspecified atom stereocenters. The number of carbonyl (C=O) groups is 1. The van der Waals surface area contributed by atoms with Gasteiger partial charge in [0.05, 0.1) is 28.7 Å². The minimum Gasteiger partial charge on any atom is -0.352 e. The molecule has 3 aromatic rings. The van der Waals surface area contributed by atoms with E-state index in [1.54, 1.807) is 18.6 Å². The number of fused-ring (bicyclic) bond motifs is 1. The number of nitrogens with one attached hydrogen (secondary N) is 2. The van der Waals surface area contributed by atoms with Gasteiger partial charge in [0, 0.05) is 23.8 Å². The number of para-hydroxylation sites is 1. The molecule has 2 aromatic heterocycles. The van der Waals surface area contributed by atoms with Crippen LogP contribution in [-0.2, 0) is 0 Å². The highest BCUT2D eigenvalue weighted by atomic mass is 16.1. The number of rotatable bonds is 4. The second-order valence-electron chi connectivity index (χ2n) is 7.13. The Hall–Kier alpha value is -2.95. The lowest BCUT2D eigenvalue weighted by molar-refractivity contribution is 0.0933. The van der Waals surface area contributed by atoms with Gasteiger partial charge >= 0.3 is 0 Å². The zero-order chi connectivity index (χ0) is 18.5. The van der Waals surface area contributed by atoms with Crippen LogP contribution in [0.15, 0.2) is 55.0 Å². The average Bonchev–Trinajstić information content (AvgIpc) is 2.97. The van der Waals surface area contributed by atoms with Gasteiger partial charge < -0.3 is 10.6 Å². The number of aromatic nitrogens is 2. The van der Waals surface area contributed by atoms with Gasteiger partial charge in [0.25, 0.3) is 5.91 Å². The topological polar surface area (TPSA) is 66.9 Å². The van der Waals surface area contributed by atoms with Crippen LogP contribution in [-0.4, -0.2) is 21.9 Å². The van der Waals surface area contributed by atoms with E-state index >= 15 is 0 Å². The van der Waals surface area contributed by atoms with Gasteiger partial charge in [-0.2, -0.15) is 0 Å². The molecule has 1 aliphatic rings. The van der Waals surface area contributed by atoms with Crippen LogP contribution < -0.4 is 10.6 Å². The SMILES string of the molecule is O=C(NC1CCCCCC1)c1cncc(Nc2cccc3cccnc23)c1. The molecule has 27 heavy (non-hydrogen) atoms. The van der Waals surface area contributed by atoms with E-state index in [1.165, 1.54) is 25.7 Å². The number of amides is 1. The standard InChI is InChI=1S/C22H24N4O/c27-22(26-18-9-3-1-2-4-10-18)17-13-19(15-23-14-17)25-20-11-5-7-16-8-6-12-24-21(16)20/h5-8,11-15,18,25H,1-4,9-10H2,(H,26,27). The Bertz CT molecular complexity index is 927. The van der Waals surface area contributed by atoms with Crippen molar-refractivity contribution in [3.05, 3.63) is 60.6 Å². The highest BCUT2D eigenvalue weighted by Gasteiger charge is 2.16. The van der Waals surface area contributed by atoms with Crippen LogP contribution in [0.5, 0.6) is 0 Å². The van der Waals surface area contributed by atoms with Crippen molar-refractivity contribution in [1.29, 1.82) is 0 Å². The van der Waals surface area contributed by atoms with E-state index in [9.17, 15) is 4.79 Å². The molecule has 1 aliphatic carbocycles. The lowest BCUT2D eigenvalue weighted by atomic mass is 10.1. The van der Waals surface area contributed by atoms with Crippen molar-refractivity contribution in [2.75, 3.05) is 5.32 Å². The molecule has 1 aromatic carbocycles. The molecule has 5 heteroatoms. The van der Waals surface area contributed by atoms with Gasteiger partial charge in [0.2, 0.25) is 0 Å². The molecule has 0 aliphatic heterocycles. The van der Waals surface area contributed by atoms with Gasteiger partial charge in [0.15, 0.2) is 0 Å². The van der Waals surface area contributed by atoms with Crippen LogP contribution in [0.4, 0.5) is 11.4 Å². The van der Waals surface area contributed by atoms with E-state index in [2.05, 4.69) is 20.6 Å². The number of hydrogen-bond acceptors (Lipinski definition) is 4. The van der Waals surface area contributed by atoms with Crippen LogP contribution in [0.3, 0.4) is 0 Å². The number of pyridine rings is 2. The fourth-order valence-electron chi connectivity index (χ4n) is 3.69. The van der Waals surface area contributed by atoms with Crippen LogP contribution in [0.2, 0.25) is 0 Å². The van der Waals surface area contributed by atoms with E-state index < -0.39 is 0 Å². The quantitative estimate of drug-likeness (QED) is 0.654. The largest absolute Gasteiger partial charge is 0.352 e. The zero-order valence-corrected chi connectivity index (χ0v) is 15.3. The van der Waals surface area contributed by atoms with Crippen LogP contribution in [0.1, 0.15) is 48.9 Å². The highest BCUT2D eigenvalue weighted by Crippen LogP contribution is 2.24. The monoisotopic (exact) mass is 360 g/mol. The summed E-state index contributed by atoms with van der Waals surface area (Å²) in [7, 11) is 0. The number of carbonyl (C=O) groups excluding carboxylic acids is 1. The maximum absolute atomic E-state index is 12.7. The van der Waals surface area contributed by atoms with Crippen molar-refractivity contribution < 1.29 is 4.79 Å². The van der Waals surface area contributed by atoms with Gasteiger partial charge in [-0.25, -0.2) is 0 Å². The summed E-state index contributed by atoms with van der Waals surface area (Å²) in [6.07, 6.45) is 12.2. The Morgan fingerprint density at radius 3 is 2.67 bits per heavy atom. The van der Waals surface area contributed by atoms with Crippen molar-refractivity contribution in [2.45, 2.75) is 44.6 Å². The van der Waals surface area contributed by atoms with Crippen molar-refractivity contribution in [3.8, 4) is 0 Å². The van der Waals surface area contributed by atoms with E-state index in [0.717, 1.165) is 35.1 Å². The molecule has 1 amide bonds. The number of benzene rings is 1. The maximum atomic E-state index is 12.7. The molecule has 0 radical (unpaired) electrons. The molecule has 0 spiro atoms. The average molecular weight is 360 g/mol. The molecule has 138 valence electrons. The first-order chi connectivity index (χ1) is 13.3. The minimum atomic E-state index is -0.0471. The number of hydrogen-bond donors (Lipinski definition) is 2. The van der Waals surface area contributed by atoms with Gasteiger partial charge in [-0.15, -0.1) is 0 Å². The van der Waals surface area contributed by atoms with Crippen molar-refractivity contribution in [2.24, 2.45) is 0 Å². The number of nitrogens with zero attached hydrogens (tertiary/aromatic N) is 2. The molecule has 1 fully saturated rings. The van der Waals surface area contributed by atoms with E-state index in [1.807, 2.05) is 36.4 Å². The summed E-state index contributed by atoms with van der Waals surface area (Å²) in [5.74, 6) is -0.0471. The van der Waals surface area contributed by atoms with E-state index in [0.29, 0.717) is 5.56 Å². The predicted molar refractivity (Wildman–Crippen MR) is 108 cm³/mol. The normalized spacial score (nSPS) is 15.3. The highest BCUT2D eigenvalue weighted by molar-refractivity contribution is 5.96. The Labute approximate surface area is 159 Å². The fraction of sp³-hybridized carbons (Fsp3) is 0.318. The summed E-state index contributed by atoms with van der Waals surface area (Å²) in [6.45, 7) is 0. The second kappa shape index (κ2) is 8.16. The van der Waals surface area contributed by atoms with Crippen LogP contribution >= 0.6 is 0 Å². The summed E-state index contributed by atoms with van der Waals surface area (Å²) in [5, 5.41) is 7.59. The zero-order valence-electron chi connectivity index (χ0n) is 15.3. The van der Waals surface area contributed by atoms with Gasteiger partial charge in [-0.1, -0.05) is 43.9 Å². The first-order valence-corrected chi connectivity index (χ1v) is 9.66. The van der Waals surface area contributed by atoms with Crippen LogP contribution in [0.25, 0.3) is 10.9 Å². The van der Waals surface area contributed by atoms with Crippen LogP contribution in [0, 0.1) is 0 Å². The Kier molecular flexibility index (Phi) is 5.28. The van der Waals surface area contributed by atoms with E-state index in [-0.39, 0.29) is 11.9 Å². The smallest absolute Gasteiger partial charge is 0.253 e. The van der Waals surface area contributed by atoms with E-state index in [4.69, 9.17) is 0 Å². The molecule has 0 bridgehead atoms. The Balaban J connectivity index is 1.51. The first kappa shape index (κ1) is 17.5. The first-order valence-electron chi connectivity index (χ1n) is 9.66. The number of anilines is 2. The third-order valence-electron chi connectivity index (χ3n) is 5.10. The summed E-state index contributed by atoms with van der Waals surface area (Å²) < 4.78 is 0. The molecule has 0 saturated heterocycles. The summed E-state index contributed by atoms with van der Waals surface area (Å²) in [6, 6.07) is 12.1. The third kappa shape index (κ3) is 4.25. The summed E-state index contributed by atoms with van der Waals surface area (Å²) in [4.78, 5) is 21.4. The lowest BCUT2D eigenvalue weighted by Crippen LogP contribution is -2.34. The summed E-state index contributed by atoms with van der Waals surface area (Å²) >= 11 is 0. The van der Waals surface area contributed by atoms with Crippen molar-refractivity contribution in [1.82, 2.24) is 15.3 Å². The molecule has 4 rings (SSSR count). The molecule has 1 saturated carbocycles. The molecular formula is C22H24N4O. The van der Waals surface area contributed by atoms with Gasteiger partial charge in [-0.05, 0) is 31.0 Å². The molecule has 2 N–H and O–H groups in total. The Morgan fingerprint density at radius 2 is 1.81 bits per heavy atom. The molecule has 2 heterocycles. The van der Waals surface area contributed by atoms with Gasteiger partial charge in [-0.3, -0.25) is 14.8 Å². The lowest BCUT2D eigenvalue weighted by Gasteiger charge is -2.16.